The largest absolute Gasteiger partial charge is 0.399 e. The summed E-state index contributed by atoms with van der Waals surface area (Å²) in [5, 5.41) is 3.45. The quantitative estimate of drug-likeness (QED) is 0.808. The Hall–Kier alpha value is -1.22. The van der Waals surface area contributed by atoms with Gasteiger partial charge in [0.2, 0.25) is 0 Å². The van der Waals surface area contributed by atoms with Gasteiger partial charge in [-0.25, -0.2) is 0 Å². The number of hydrogen-bond acceptors (Lipinski definition) is 2. The summed E-state index contributed by atoms with van der Waals surface area (Å²) in [5.41, 5.74) is 7.00. The fourth-order valence-electron chi connectivity index (χ4n) is 2.54. The van der Waals surface area contributed by atoms with E-state index >= 15 is 0 Å². The molecule has 1 aliphatic rings. The zero-order chi connectivity index (χ0) is 13.3. The van der Waals surface area contributed by atoms with Gasteiger partial charge in [0.05, 0.1) is 10.6 Å². The molecule has 1 fully saturated rings. The molecule has 0 bridgehead atoms. The molecule has 98 valence electrons. The molecule has 2 rings (SSSR count). The van der Waals surface area contributed by atoms with Gasteiger partial charge in [-0.2, -0.15) is 0 Å². The van der Waals surface area contributed by atoms with E-state index in [9.17, 15) is 4.79 Å². The minimum Gasteiger partial charge on any atom is -0.399 e. The van der Waals surface area contributed by atoms with Crippen molar-refractivity contribution in [3.05, 3.63) is 28.8 Å². The van der Waals surface area contributed by atoms with Crippen LogP contribution in [0.1, 0.15) is 43.5 Å². The van der Waals surface area contributed by atoms with E-state index < -0.39 is 0 Å². The van der Waals surface area contributed by atoms with Crippen LogP contribution in [0.4, 0.5) is 5.69 Å². The number of nitrogens with two attached hydrogens (primary N) is 1. The fourth-order valence-corrected chi connectivity index (χ4v) is 2.81. The molecule has 0 spiro atoms. The highest BCUT2D eigenvalue weighted by Gasteiger charge is 2.31. The van der Waals surface area contributed by atoms with Crippen molar-refractivity contribution in [3.63, 3.8) is 0 Å². The average molecular weight is 267 g/mol. The maximum absolute atomic E-state index is 12.1. The molecule has 0 aromatic heterocycles. The number of nitrogens with one attached hydrogen (secondary N) is 1. The molecule has 0 heterocycles. The fraction of sp³-hybridized carbons (Fsp3) is 0.500. The second-order valence-electron chi connectivity index (χ2n) is 5.82. The second kappa shape index (κ2) is 4.81. The lowest BCUT2D eigenvalue weighted by Gasteiger charge is -2.18. The summed E-state index contributed by atoms with van der Waals surface area (Å²) in [4.78, 5) is 12.1. The number of benzene rings is 1. The molecule has 0 saturated heterocycles. The van der Waals surface area contributed by atoms with Crippen molar-refractivity contribution < 1.29 is 4.79 Å². The Morgan fingerprint density at radius 3 is 2.78 bits per heavy atom. The predicted octanol–water partition coefficient (Wildman–Crippen LogP) is 3.23. The Morgan fingerprint density at radius 2 is 2.22 bits per heavy atom. The van der Waals surface area contributed by atoms with Crippen molar-refractivity contribution in [3.8, 4) is 0 Å². The van der Waals surface area contributed by atoms with E-state index in [-0.39, 0.29) is 11.9 Å². The van der Waals surface area contributed by atoms with Crippen molar-refractivity contribution in [2.24, 2.45) is 5.41 Å². The lowest BCUT2D eigenvalue weighted by molar-refractivity contribution is 0.0936. The maximum Gasteiger partial charge on any atom is 0.253 e. The van der Waals surface area contributed by atoms with E-state index in [0.29, 0.717) is 21.7 Å². The number of nitrogen functional groups attached to an aromatic ring is 1. The molecule has 3 N–H and O–H groups in total. The summed E-state index contributed by atoms with van der Waals surface area (Å²) in [6.45, 7) is 4.46. The molecule has 1 unspecified atom stereocenters. The lowest BCUT2D eigenvalue weighted by Crippen LogP contribution is -2.33. The number of hydrogen-bond donors (Lipinski definition) is 2. The summed E-state index contributed by atoms with van der Waals surface area (Å²) in [6.07, 6.45) is 3.20. The molecule has 1 saturated carbocycles. The first-order valence-corrected chi connectivity index (χ1v) is 6.61. The Labute approximate surface area is 113 Å². The third-order valence-corrected chi connectivity index (χ3v) is 3.85. The number of amides is 1. The van der Waals surface area contributed by atoms with Crippen molar-refractivity contribution in [1.82, 2.24) is 5.32 Å². The van der Waals surface area contributed by atoms with Gasteiger partial charge in [-0.05, 0) is 42.9 Å². The van der Waals surface area contributed by atoms with Gasteiger partial charge in [0.15, 0.2) is 0 Å². The summed E-state index contributed by atoms with van der Waals surface area (Å²) < 4.78 is 0. The molecule has 1 aromatic rings. The molecule has 1 aliphatic carbocycles. The standard InChI is InChI=1S/C14H19ClN2O/c1-14(2)6-5-10(8-14)17-13(18)11-4-3-9(16)7-12(11)15/h3-4,7,10H,5-6,8,16H2,1-2H3,(H,17,18). The van der Waals surface area contributed by atoms with Crippen LogP contribution >= 0.6 is 11.6 Å². The molecule has 1 atom stereocenters. The Bertz CT molecular complexity index is 471. The monoisotopic (exact) mass is 266 g/mol. The number of carbonyl (C=O) groups is 1. The van der Waals surface area contributed by atoms with Gasteiger partial charge in [-0.3, -0.25) is 4.79 Å². The van der Waals surface area contributed by atoms with E-state index in [1.807, 2.05) is 0 Å². The first-order valence-electron chi connectivity index (χ1n) is 6.23. The number of anilines is 1. The zero-order valence-electron chi connectivity index (χ0n) is 10.8. The number of rotatable bonds is 2. The van der Waals surface area contributed by atoms with Gasteiger partial charge < -0.3 is 11.1 Å². The van der Waals surface area contributed by atoms with E-state index in [4.69, 9.17) is 17.3 Å². The smallest absolute Gasteiger partial charge is 0.253 e. The lowest BCUT2D eigenvalue weighted by atomic mass is 9.92. The molecule has 1 amide bonds. The van der Waals surface area contributed by atoms with Crippen molar-refractivity contribution in [2.75, 3.05) is 5.73 Å². The zero-order valence-corrected chi connectivity index (χ0v) is 11.6. The highest BCUT2D eigenvalue weighted by atomic mass is 35.5. The molecule has 18 heavy (non-hydrogen) atoms. The second-order valence-corrected chi connectivity index (χ2v) is 6.22. The van der Waals surface area contributed by atoms with Gasteiger partial charge in [-0.15, -0.1) is 0 Å². The van der Waals surface area contributed by atoms with Crippen molar-refractivity contribution in [2.45, 2.75) is 39.2 Å². The minimum absolute atomic E-state index is 0.109. The van der Waals surface area contributed by atoms with E-state index in [2.05, 4.69) is 19.2 Å². The number of carbonyl (C=O) groups excluding carboxylic acids is 1. The molecule has 0 radical (unpaired) electrons. The molecular formula is C14H19ClN2O. The van der Waals surface area contributed by atoms with Crippen LogP contribution in [-0.4, -0.2) is 11.9 Å². The summed E-state index contributed by atoms with van der Waals surface area (Å²) in [5.74, 6) is -0.109. The van der Waals surface area contributed by atoms with Crippen LogP contribution in [0.3, 0.4) is 0 Å². The Balaban J connectivity index is 2.04. The topological polar surface area (TPSA) is 55.1 Å². The third-order valence-electron chi connectivity index (χ3n) is 3.54. The maximum atomic E-state index is 12.1. The first-order chi connectivity index (χ1) is 8.37. The highest BCUT2D eigenvalue weighted by Crippen LogP contribution is 2.37. The molecular weight excluding hydrogens is 248 g/mol. The molecule has 1 aromatic carbocycles. The molecule has 3 nitrogen and oxygen atoms in total. The van der Waals surface area contributed by atoms with Gasteiger partial charge in [0.1, 0.15) is 0 Å². The van der Waals surface area contributed by atoms with Crippen LogP contribution in [-0.2, 0) is 0 Å². The molecule has 0 aliphatic heterocycles. The Kier molecular flexibility index (Phi) is 3.53. The van der Waals surface area contributed by atoms with Crippen molar-refractivity contribution in [1.29, 1.82) is 0 Å². The van der Waals surface area contributed by atoms with Crippen LogP contribution < -0.4 is 11.1 Å². The SMILES string of the molecule is CC1(C)CCC(NC(=O)c2ccc(N)cc2Cl)C1. The van der Waals surface area contributed by atoms with Crippen LogP contribution in [0.2, 0.25) is 5.02 Å². The summed E-state index contributed by atoms with van der Waals surface area (Å²) >= 11 is 6.03. The summed E-state index contributed by atoms with van der Waals surface area (Å²) in [7, 11) is 0. The first kappa shape index (κ1) is 13.2. The summed E-state index contributed by atoms with van der Waals surface area (Å²) in [6, 6.07) is 5.22. The van der Waals surface area contributed by atoms with Crippen LogP contribution in [0.5, 0.6) is 0 Å². The van der Waals surface area contributed by atoms with E-state index in [0.717, 1.165) is 19.3 Å². The van der Waals surface area contributed by atoms with Gasteiger partial charge in [0, 0.05) is 11.7 Å². The highest BCUT2D eigenvalue weighted by molar-refractivity contribution is 6.34. The molecule has 4 heteroatoms. The van der Waals surface area contributed by atoms with Gasteiger partial charge >= 0.3 is 0 Å². The minimum atomic E-state index is -0.109. The van der Waals surface area contributed by atoms with Gasteiger partial charge in [-0.1, -0.05) is 25.4 Å². The number of halogens is 1. The van der Waals surface area contributed by atoms with Crippen LogP contribution in [0, 0.1) is 5.41 Å². The predicted molar refractivity (Wildman–Crippen MR) is 74.8 cm³/mol. The van der Waals surface area contributed by atoms with E-state index in [1.54, 1.807) is 18.2 Å². The average Bonchev–Trinajstić information content (AvgIpc) is 2.57. The van der Waals surface area contributed by atoms with Crippen LogP contribution in [0.25, 0.3) is 0 Å². The third kappa shape index (κ3) is 2.96. The van der Waals surface area contributed by atoms with E-state index in [1.165, 1.54) is 0 Å². The van der Waals surface area contributed by atoms with Crippen molar-refractivity contribution >= 4 is 23.2 Å². The van der Waals surface area contributed by atoms with Crippen LogP contribution in [0.15, 0.2) is 18.2 Å². The Morgan fingerprint density at radius 1 is 1.50 bits per heavy atom. The van der Waals surface area contributed by atoms with Gasteiger partial charge in [0.25, 0.3) is 5.91 Å². The normalized spacial score (nSPS) is 21.8.